The summed E-state index contributed by atoms with van der Waals surface area (Å²) in [4.78, 5) is 31.9. The normalized spacial score (nSPS) is 19.3. The molecule has 2 aromatic carbocycles. The summed E-state index contributed by atoms with van der Waals surface area (Å²) in [6.45, 7) is 0.816. The van der Waals surface area contributed by atoms with E-state index in [1.54, 1.807) is 66.9 Å². The number of ether oxygens (including phenoxy) is 2. The molecule has 0 radical (unpaired) electrons. The van der Waals surface area contributed by atoms with Crippen molar-refractivity contribution in [3.05, 3.63) is 88.7 Å². The molecule has 1 unspecified atom stereocenters. The number of aliphatic hydroxyl groups is 1. The molecule has 3 aromatic rings. The molecule has 3 heterocycles. The Morgan fingerprint density at radius 3 is 2.47 bits per heavy atom. The summed E-state index contributed by atoms with van der Waals surface area (Å²) in [6, 6.07) is 15.7. The molecule has 7 nitrogen and oxygen atoms in total. The number of nitrogens with zero attached hydrogens (tertiary/aromatic N) is 2. The number of rotatable bonds is 3. The van der Waals surface area contributed by atoms with Crippen LogP contribution >= 0.6 is 11.6 Å². The van der Waals surface area contributed by atoms with Gasteiger partial charge in [-0.1, -0.05) is 17.7 Å². The first-order valence-corrected chi connectivity index (χ1v) is 10.3. The standard InChI is InChI=1S/C24H17ClN2O5/c25-15-5-7-16(8-6-15)27-21(17-3-1-2-10-26-17)20(23(29)24(27)30)22(28)14-4-9-18-19(13-14)32-12-11-31-18/h1-10,13,21,28H,11-12H2/b22-20-. The molecule has 1 atom stereocenters. The van der Waals surface area contributed by atoms with Crippen molar-refractivity contribution in [1.82, 2.24) is 4.98 Å². The van der Waals surface area contributed by atoms with Crippen LogP contribution in [0.1, 0.15) is 17.3 Å². The quantitative estimate of drug-likeness (QED) is 0.368. The third-order valence-electron chi connectivity index (χ3n) is 5.33. The van der Waals surface area contributed by atoms with Gasteiger partial charge in [0.2, 0.25) is 0 Å². The van der Waals surface area contributed by atoms with Crippen LogP contribution in [0.5, 0.6) is 11.5 Å². The number of anilines is 1. The highest BCUT2D eigenvalue weighted by molar-refractivity contribution is 6.51. The Morgan fingerprint density at radius 2 is 1.75 bits per heavy atom. The number of carbonyl (C=O) groups is 2. The van der Waals surface area contributed by atoms with E-state index >= 15 is 0 Å². The fourth-order valence-corrected chi connectivity index (χ4v) is 3.99. The number of pyridine rings is 1. The Bertz CT molecular complexity index is 1240. The van der Waals surface area contributed by atoms with Gasteiger partial charge in [-0.25, -0.2) is 0 Å². The van der Waals surface area contributed by atoms with Crippen LogP contribution in [-0.2, 0) is 9.59 Å². The molecule has 1 saturated heterocycles. The number of aromatic nitrogens is 1. The first kappa shape index (κ1) is 20.1. The van der Waals surface area contributed by atoms with Gasteiger partial charge in [0.15, 0.2) is 11.5 Å². The van der Waals surface area contributed by atoms with Crippen LogP contribution in [0.4, 0.5) is 5.69 Å². The van der Waals surface area contributed by atoms with Crippen molar-refractivity contribution in [2.24, 2.45) is 0 Å². The largest absolute Gasteiger partial charge is 0.507 e. The molecule has 0 bridgehead atoms. The SMILES string of the molecule is O=C1C(=O)N(c2ccc(Cl)cc2)C(c2ccccn2)/C1=C(/O)c1ccc2c(c1)OCCO2. The number of carbonyl (C=O) groups excluding carboxylic acids is 2. The van der Waals surface area contributed by atoms with Crippen molar-refractivity contribution in [3.8, 4) is 11.5 Å². The Balaban J connectivity index is 1.68. The summed E-state index contributed by atoms with van der Waals surface area (Å²) in [6.07, 6.45) is 1.57. The number of ketones is 1. The van der Waals surface area contributed by atoms with E-state index in [1.807, 2.05) is 0 Å². The van der Waals surface area contributed by atoms with E-state index in [1.165, 1.54) is 4.90 Å². The predicted octanol–water partition coefficient (Wildman–Crippen LogP) is 4.13. The maximum Gasteiger partial charge on any atom is 0.300 e. The van der Waals surface area contributed by atoms with Crippen LogP contribution in [0.15, 0.2) is 72.4 Å². The average molecular weight is 449 g/mol. The van der Waals surface area contributed by atoms with Crippen molar-refractivity contribution in [3.63, 3.8) is 0 Å². The van der Waals surface area contributed by atoms with Gasteiger partial charge < -0.3 is 14.6 Å². The van der Waals surface area contributed by atoms with Gasteiger partial charge in [0.05, 0.1) is 11.3 Å². The molecule has 32 heavy (non-hydrogen) atoms. The number of fused-ring (bicyclic) bond motifs is 1. The lowest BCUT2D eigenvalue weighted by Gasteiger charge is -2.24. The zero-order valence-electron chi connectivity index (χ0n) is 16.7. The molecule has 5 rings (SSSR count). The minimum Gasteiger partial charge on any atom is -0.507 e. The number of Topliss-reactive ketones (excluding diaryl/α,β-unsaturated/α-hetero) is 1. The van der Waals surface area contributed by atoms with Crippen molar-refractivity contribution in [1.29, 1.82) is 0 Å². The van der Waals surface area contributed by atoms with E-state index in [-0.39, 0.29) is 11.3 Å². The molecule has 8 heteroatoms. The number of benzene rings is 2. The van der Waals surface area contributed by atoms with Crippen molar-refractivity contribution in [2.45, 2.75) is 6.04 Å². The summed E-state index contributed by atoms with van der Waals surface area (Å²) in [5.74, 6) is -0.866. The fourth-order valence-electron chi connectivity index (χ4n) is 3.86. The topological polar surface area (TPSA) is 89.0 Å². The smallest absolute Gasteiger partial charge is 0.300 e. The Hall–Kier alpha value is -3.84. The van der Waals surface area contributed by atoms with Crippen LogP contribution in [0.3, 0.4) is 0 Å². The first-order chi connectivity index (χ1) is 15.5. The van der Waals surface area contributed by atoms with Gasteiger partial charge in [-0.15, -0.1) is 0 Å². The highest BCUT2D eigenvalue weighted by Gasteiger charge is 2.47. The van der Waals surface area contributed by atoms with Crippen LogP contribution < -0.4 is 14.4 Å². The molecule has 1 amide bonds. The fraction of sp³-hybridized carbons (Fsp3) is 0.125. The monoisotopic (exact) mass is 448 g/mol. The van der Waals surface area contributed by atoms with Crippen molar-refractivity contribution >= 4 is 34.7 Å². The van der Waals surface area contributed by atoms with Gasteiger partial charge in [-0.05, 0) is 54.6 Å². The molecular weight excluding hydrogens is 432 g/mol. The third-order valence-corrected chi connectivity index (χ3v) is 5.58. The summed E-state index contributed by atoms with van der Waals surface area (Å²) in [5.41, 5.74) is 1.19. The molecule has 1 aromatic heterocycles. The van der Waals surface area contributed by atoms with Gasteiger partial charge in [-0.2, -0.15) is 0 Å². The van der Waals surface area contributed by atoms with Crippen molar-refractivity contribution in [2.75, 3.05) is 18.1 Å². The number of amides is 1. The van der Waals surface area contributed by atoms with E-state index in [9.17, 15) is 14.7 Å². The first-order valence-electron chi connectivity index (χ1n) is 9.92. The van der Waals surface area contributed by atoms with Crippen LogP contribution in [-0.4, -0.2) is 35.0 Å². The molecule has 160 valence electrons. The highest BCUT2D eigenvalue weighted by atomic mass is 35.5. The molecule has 0 spiro atoms. The van der Waals surface area contributed by atoms with E-state index in [0.717, 1.165) is 0 Å². The third kappa shape index (κ3) is 3.36. The lowest BCUT2D eigenvalue weighted by molar-refractivity contribution is -0.132. The van der Waals surface area contributed by atoms with Crippen LogP contribution in [0.25, 0.3) is 5.76 Å². The van der Waals surface area contributed by atoms with Gasteiger partial charge in [0.25, 0.3) is 11.7 Å². The molecule has 2 aliphatic rings. The summed E-state index contributed by atoms with van der Waals surface area (Å²) < 4.78 is 11.1. The molecule has 1 fully saturated rings. The number of hydrogen-bond donors (Lipinski definition) is 1. The average Bonchev–Trinajstić information content (AvgIpc) is 3.10. The maximum atomic E-state index is 13.1. The summed E-state index contributed by atoms with van der Waals surface area (Å²) in [5, 5.41) is 11.7. The van der Waals surface area contributed by atoms with Crippen molar-refractivity contribution < 1.29 is 24.2 Å². The van der Waals surface area contributed by atoms with Crippen LogP contribution in [0.2, 0.25) is 5.02 Å². The molecule has 2 aliphatic heterocycles. The van der Waals surface area contributed by atoms with Crippen LogP contribution in [0, 0.1) is 0 Å². The lowest BCUT2D eigenvalue weighted by atomic mass is 9.98. The molecular formula is C24H17ClN2O5. The molecule has 0 aliphatic carbocycles. The summed E-state index contributed by atoms with van der Waals surface area (Å²) in [7, 11) is 0. The van der Waals surface area contributed by atoms with Gasteiger partial charge in [0, 0.05) is 22.5 Å². The van der Waals surface area contributed by atoms with Gasteiger partial charge >= 0.3 is 0 Å². The second-order valence-corrected chi connectivity index (χ2v) is 7.69. The number of aliphatic hydroxyl groups excluding tert-OH is 1. The Labute approximate surface area is 188 Å². The molecule has 0 saturated carbocycles. The predicted molar refractivity (Wildman–Crippen MR) is 118 cm³/mol. The highest BCUT2D eigenvalue weighted by Crippen LogP contribution is 2.42. The zero-order chi connectivity index (χ0) is 22.2. The van der Waals surface area contributed by atoms with Gasteiger partial charge in [0.1, 0.15) is 25.0 Å². The van der Waals surface area contributed by atoms with E-state index in [0.29, 0.717) is 46.7 Å². The lowest BCUT2D eigenvalue weighted by Crippen LogP contribution is -2.29. The Morgan fingerprint density at radius 1 is 1.00 bits per heavy atom. The van der Waals surface area contributed by atoms with Gasteiger partial charge in [-0.3, -0.25) is 19.5 Å². The molecule has 1 N–H and O–H groups in total. The number of hydrogen-bond acceptors (Lipinski definition) is 6. The zero-order valence-corrected chi connectivity index (χ0v) is 17.5. The minimum absolute atomic E-state index is 0.0553. The Kier molecular flexibility index (Phi) is 5.03. The minimum atomic E-state index is -0.912. The van der Waals surface area contributed by atoms with E-state index in [4.69, 9.17) is 21.1 Å². The number of halogens is 1. The second-order valence-electron chi connectivity index (χ2n) is 7.26. The summed E-state index contributed by atoms with van der Waals surface area (Å²) >= 11 is 6.00. The maximum absolute atomic E-state index is 13.1. The second kappa shape index (κ2) is 8.01. The van der Waals surface area contributed by atoms with E-state index < -0.39 is 17.7 Å². The van der Waals surface area contributed by atoms with E-state index in [2.05, 4.69) is 4.98 Å².